The Bertz CT molecular complexity index is 1070. The summed E-state index contributed by atoms with van der Waals surface area (Å²) in [6.45, 7) is 3.05. The van der Waals surface area contributed by atoms with E-state index >= 15 is 0 Å². The van der Waals surface area contributed by atoms with Crippen molar-refractivity contribution in [2.24, 2.45) is 0 Å². The summed E-state index contributed by atoms with van der Waals surface area (Å²) >= 11 is 12.2. The molecule has 0 aromatic heterocycles. The molecule has 2 aromatic carbocycles. The molecule has 0 spiro atoms. The van der Waals surface area contributed by atoms with Crippen LogP contribution in [0.15, 0.2) is 42.5 Å². The van der Waals surface area contributed by atoms with Gasteiger partial charge in [0.2, 0.25) is 11.8 Å². The van der Waals surface area contributed by atoms with Gasteiger partial charge in [0.1, 0.15) is 11.8 Å². The molecular weight excluding hydrogens is 479 g/mol. The van der Waals surface area contributed by atoms with E-state index in [0.29, 0.717) is 44.3 Å². The standard InChI is InChI=1S/C24H26Cl2N4O4/c1-34-18-5-3-17(4-6-18)28-10-12-29(13-11-28)22(31)15-21-23(32)27-8-9-30(21)24(33)19-7-2-16(25)14-20(19)26/h2-7,14,21H,8-13,15H2,1H3,(H,27,32)/t21-/m1/s1. The molecule has 1 atom stereocenters. The number of ether oxygens (including phenoxy) is 1. The molecule has 4 rings (SSSR count). The topological polar surface area (TPSA) is 82.2 Å². The lowest BCUT2D eigenvalue weighted by Crippen LogP contribution is -2.59. The third-order valence-corrected chi connectivity index (χ3v) is 6.74. The lowest BCUT2D eigenvalue weighted by molar-refractivity contribution is -0.138. The van der Waals surface area contributed by atoms with E-state index in [1.165, 1.54) is 17.0 Å². The number of methoxy groups -OCH3 is 1. The summed E-state index contributed by atoms with van der Waals surface area (Å²) in [6.07, 6.45) is -0.0781. The maximum atomic E-state index is 13.2. The Morgan fingerprint density at radius 2 is 1.74 bits per heavy atom. The van der Waals surface area contributed by atoms with Crippen molar-refractivity contribution in [3.63, 3.8) is 0 Å². The van der Waals surface area contributed by atoms with E-state index in [9.17, 15) is 14.4 Å². The molecule has 3 amide bonds. The van der Waals surface area contributed by atoms with Gasteiger partial charge in [0.05, 0.1) is 24.1 Å². The molecule has 2 saturated heterocycles. The largest absolute Gasteiger partial charge is 0.497 e. The second kappa shape index (κ2) is 10.5. The number of amides is 3. The van der Waals surface area contributed by atoms with E-state index in [1.54, 1.807) is 18.1 Å². The van der Waals surface area contributed by atoms with Crippen LogP contribution in [-0.2, 0) is 9.59 Å². The molecule has 10 heteroatoms. The van der Waals surface area contributed by atoms with Gasteiger partial charge in [-0.05, 0) is 42.5 Å². The quantitative estimate of drug-likeness (QED) is 0.676. The number of hydrogen-bond acceptors (Lipinski definition) is 5. The lowest BCUT2D eigenvalue weighted by Gasteiger charge is -2.39. The molecule has 8 nitrogen and oxygen atoms in total. The predicted octanol–water partition coefficient (Wildman–Crippen LogP) is 2.68. The number of anilines is 1. The molecule has 0 aliphatic carbocycles. The molecule has 0 unspecified atom stereocenters. The summed E-state index contributed by atoms with van der Waals surface area (Å²) < 4.78 is 5.21. The zero-order chi connectivity index (χ0) is 24.2. The number of benzene rings is 2. The van der Waals surface area contributed by atoms with Crippen molar-refractivity contribution in [3.8, 4) is 5.75 Å². The van der Waals surface area contributed by atoms with E-state index in [4.69, 9.17) is 27.9 Å². The van der Waals surface area contributed by atoms with Gasteiger partial charge in [-0.2, -0.15) is 0 Å². The number of nitrogens with one attached hydrogen (secondary N) is 1. The van der Waals surface area contributed by atoms with Crippen LogP contribution >= 0.6 is 23.2 Å². The fourth-order valence-electron chi connectivity index (χ4n) is 4.28. The van der Waals surface area contributed by atoms with Crippen molar-refractivity contribution in [3.05, 3.63) is 58.1 Å². The van der Waals surface area contributed by atoms with Crippen LogP contribution in [0, 0.1) is 0 Å². The van der Waals surface area contributed by atoms with E-state index in [1.807, 2.05) is 24.3 Å². The second-order valence-electron chi connectivity index (χ2n) is 8.20. The number of hydrogen-bond donors (Lipinski definition) is 1. The highest BCUT2D eigenvalue weighted by Crippen LogP contribution is 2.25. The minimum Gasteiger partial charge on any atom is -0.497 e. The Morgan fingerprint density at radius 1 is 1.03 bits per heavy atom. The Hall–Kier alpha value is -2.97. The monoisotopic (exact) mass is 504 g/mol. The number of carbonyl (C=O) groups excluding carboxylic acids is 3. The summed E-state index contributed by atoms with van der Waals surface area (Å²) in [5.41, 5.74) is 1.32. The summed E-state index contributed by atoms with van der Waals surface area (Å²) in [6, 6.07) is 11.5. The molecule has 2 aliphatic heterocycles. The highest BCUT2D eigenvalue weighted by atomic mass is 35.5. The molecule has 2 aromatic rings. The minimum atomic E-state index is -0.889. The van der Waals surface area contributed by atoms with Crippen LogP contribution < -0.4 is 15.0 Å². The summed E-state index contributed by atoms with van der Waals surface area (Å²) in [5, 5.41) is 3.39. The SMILES string of the molecule is COc1ccc(N2CCN(C(=O)C[C@@H]3C(=O)NCCN3C(=O)c3ccc(Cl)cc3Cl)CC2)cc1. The van der Waals surface area contributed by atoms with Gasteiger partial charge in [0.25, 0.3) is 5.91 Å². The third-order valence-electron chi connectivity index (χ3n) is 6.19. The van der Waals surface area contributed by atoms with Gasteiger partial charge >= 0.3 is 0 Å². The van der Waals surface area contributed by atoms with Crippen LogP contribution in [0.3, 0.4) is 0 Å². The summed E-state index contributed by atoms with van der Waals surface area (Å²) in [5.74, 6) is -0.0905. The molecule has 2 aliphatic rings. The number of nitrogens with zero attached hydrogens (tertiary/aromatic N) is 3. The average molecular weight is 505 g/mol. The van der Waals surface area contributed by atoms with Crippen LogP contribution in [0.1, 0.15) is 16.8 Å². The van der Waals surface area contributed by atoms with Gasteiger partial charge < -0.3 is 24.8 Å². The van der Waals surface area contributed by atoms with Crippen molar-refractivity contribution >= 4 is 46.6 Å². The first-order chi connectivity index (χ1) is 16.4. The maximum absolute atomic E-state index is 13.2. The van der Waals surface area contributed by atoms with Gasteiger partial charge in [-0.25, -0.2) is 0 Å². The molecule has 180 valence electrons. The summed E-state index contributed by atoms with van der Waals surface area (Å²) in [7, 11) is 1.63. The highest BCUT2D eigenvalue weighted by Gasteiger charge is 2.37. The van der Waals surface area contributed by atoms with Gasteiger partial charge in [0, 0.05) is 50.0 Å². The van der Waals surface area contributed by atoms with E-state index in [0.717, 1.165) is 11.4 Å². The fourth-order valence-corrected chi connectivity index (χ4v) is 4.77. The number of carbonyl (C=O) groups is 3. The van der Waals surface area contributed by atoms with Crippen LogP contribution in [0.5, 0.6) is 5.75 Å². The first-order valence-corrected chi connectivity index (χ1v) is 11.8. The van der Waals surface area contributed by atoms with Gasteiger partial charge in [-0.1, -0.05) is 23.2 Å². The number of piperazine rings is 2. The number of rotatable bonds is 5. The van der Waals surface area contributed by atoms with Crippen molar-refractivity contribution in [1.82, 2.24) is 15.1 Å². The molecule has 0 radical (unpaired) electrons. The average Bonchev–Trinajstić information content (AvgIpc) is 2.85. The Morgan fingerprint density at radius 3 is 2.38 bits per heavy atom. The van der Waals surface area contributed by atoms with Crippen molar-refractivity contribution < 1.29 is 19.1 Å². The van der Waals surface area contributed by atoms with E-state index in [-0.39, 0.29) is 28.8 Å². The number of halogens is 2. The highest BCUT2D eigenvalue weighted by molar-refractivity contribution is 6.36. The van der Waals surface area contributed by atoms with Gasteiger partial charge in [0.15, 0.2) is 0 Å². The smallest absolute Gasteiger partial charge is 0.256 e. The second-order valence-corrected chi connectivity index (χ2v) is 9.04. The molecular formula is C24H26Cl2N4O4. The fraction of sp³-hybridized carbons (Fsp3) is 0.375. The Kier molecular flexibility index (Phi) is 7.48. The molecule has 0 saturated carbocycles. The third kappa shape index (κ3) is 5.23. The molecule has 2 fully saturated rings. The Balaban J connectivity index is 1.40. The van der Waals surface area contributed by atoms with Crippen LogP contribution in [-0.4, -0.2) is 79.9 Å². The van der Waals surface area contributed by atoms with Crippen molar-refractivity contribution in [2.75, 3.05) is 51.3 Å². The molecule has 1 N–H and O–H groups in total. The van der Waals surface area contributed by atoms with Crippen LogP contribution in [0.2, 0.25) is 10.0 Å². The van der Waals surface area contributed by atoms with Crippen molar-refractivity contribution in [2.45, 2.75) is 12.5 Å². The van der Waals surface area contributed by atoms with E-state index in [2.05, 4.69) is 10.2 Å². The first kappa shape index (κ1) is 24.2. The summed E-state index contributed by atoms with van der Waals surface area (Å²) in [4.78, 5) is 44.3. The van der Waals surface area contributed by atoms with Crippen molar-refractivity contribution in [1.29, 1.82) is 0 Å². The molecule has 34 heavy (non-hydrogen) atoms. The van der Waals surface area contributed by atoms with Gasteiger partial charge in [-0.3, -0.25) is 14.4 Å². The normalized spacial score (nSPS) is 18.5. The maximum Gasteiger partial charge on any atom is 0.256 e. The minimum absolute atomic E-state index is 0.0781. The zero-order valence-corrected chi connectivity index (χ0v) is 20.3. The lowest BCUT2D eigenvalue weighted by atomic mass is 10.0. The molecule has 2 heterocycles. The van der Waals surface area contributed by atoms with Crippen LogP contribution in [0.25, 0.3) is 0 Å². The van der Waals surface area contributed by atoms with Crippen LogP contribution in [0.4, 0.5) is 5.69 Å². The zero-order valence-electron chi connectivity index (χ0n) is 18.8. The predicted molar refractivity (Wildman–Crippen MR) is 131 cm³/mol. The molecule has 0 bridgehead atoms. The first-order valence-electron chi connectivity index (χ1n) is 11.1. The van der Waals surface area contributed by atoms with Gasteiger partial charge in [-0.15, -0.1) is 0 Å². The Labute approximate surface area is 208 Å². The van der Waals surface area contributed by atoms with E-state index < -0.39 is 11.9 Å².